The van der Waals surface area contributed by atoms with Crippen molar-refractivity contribution in [2.24, 2.45) is 0 Å². The average Bonchev–Trinajstić information content (AvgIpc) is 3.20. The molecule has 0 saturated carbocycles. The molecule has 0 spiro atoms. The van der Waals surface area contributed by atoms with E-state index in [1.165, 1.54) is 12.1 Å². The highest BCUT2D eigenvalue weighted by atomic mass is 32.2. The second kappa shape index (κ2) is 9.23. The summed E-state index contributed by atoms with van der Waals surface area (Å²) >= 11 is 1.12. The van der Waals surface area contributed by atoms with Crippen LogP contribution in [0.3, 0.4) is 0 Å². The molecule has 9 heteroatoms. The van der Waals surface area contributed by atoms with Gasteiger partial charge in [-0.1, -0.05) is 17.8 Å². The Balaban J connectivity index is 1.50. The van der Waals surface area contributed by atoms with Crippen LogP contribution in [0.25, 0.3) is 11.5 Å². The van der Waals surface area contributed by atoms with Gasteiger partial charge in [0.1, 0.15) is 5.82 Å². The van der Waals surface area contributed by atoms with Gasteiger partial charge in [-0.25, -0.2) is 4.39 Å². The van der Waals surface area contributed by atoms with Crippen LogP contribution in [0.15, 0.2) is 52.1 Å². The van der Waals surface area contributed by atoms with E-state index < -0.39 is 0 Å². The van der Waals surface area contributed by atoms with Crippen molar-refractivity contribution in [3.05, 3.63) is 53.8 Å². The van der Waals surface area contributed by atoms with Crippen molar-refractivity contribution < 1.29 is 23.1 Å². The van der Waals surface area contributed by atoms with Crippen LogP contribution in [0.4, 0.5) is 4.39 Å². The van der Waals surface area contributed by atoms with Gasteiger partial charge in [0.15, 0.2) is 11.5 Å². The molecule has 0 unspecified atom stereocenters. The minimum atomic E-state index is -0.344. The number of nitrogens with one attached hydrogen (secondary N) is 1. The summed E-state index contributed by atoms with van der Waals surface area (Å²) in [5.74, 6) is 1.10. The number of thioether (sulfide) groups is 1. The Kier molecular flexibility index (Phi) is 6.49. The van der Waals surface area contributed by atoms with Crippen LogP contribution in [0.1, 0.15) is 5.56 Å². The van der Waals surface area contributed by atoms with Crippen LogP contribution in [0.2, 0.25) is 0 Å². The van der Waals surface area contributed by atoms with Gasteiger partial charge in [-0.15, -0.1) is 10.2 Å². The van der Waals surface area contributed by atoms with E-state index in [1.807, 2.05) is 6.07 Å². The van der Waals surface area contributed by atoms with Crippen molar-refractivity contribution in [3.63, 3.8) is 0 Å². The summed E-state index contributed by atoms with van der Waals surface area (Å²) in [7, 11) is 3.12. The Hall–Kier alpha value is -3.07. The van der Waals surface area contributed by atoms with Crippen molar-refractivity contribution in [2.75, 3.05) is 20.0 Å². The number of amides is 1. The van der Waals surface area contributed by atoms with Gasteiger partial charge in [0.2, 0.25) is 11.8 Å². The fraction of sp³-hybridized carbons (Fsp3) is 0.211. The van der Waals surface area contributed by atoms with Crippen molar-refractivity contribution in [1.82, 2.24) is 15.5 Å². The van der Waals surface area contributed by atoms with Gasteiger partial charge in [-0.2, -0.15) is 0 Å². The smallest absolute Gasteiger partial charge is 0.277 e. The molecular weight excluding hydrogens is 385 g/mol. The predicted octanol–water partition coefficient (Wildman–Crippen LogP) is 3.30. The van der Waals surface area contributed by atoms with Crippen molar-refractivity contribution in [3.8, 4) is 23.0 Å². The Labute approximate surface area is 165 Å². The number of ether oxygens (including phenoxy) is 2. The molecule has 0 fully saturated rings. The largest absolute Gasteiger partial charge is 0.493 e. The molecule has 1 aromatic heterocycles. The molecule has 1 amide bonds. The highest BCUT2D eigenvalue weighted by Gasteiger charge is 2.12. The SMILES string of the molecule is COc1ccc(CNC(=O)CSc2nnc(-c3ccc(F)cc3)o2)cc1OC. The Bertz CT molecular complexity index is 947. The Morgan fingerprint density at radius 1 is 1.11 bits per heavy atom. The maximum atomic E-state index is 13.0. The summed E-state index contributed by atoms with van der Waals surface area (Å²) in [5, 5.41) is 10.9. The topological polar surface area (TPSA) is 86.5 Å². The first-order valence-corrected chi connectivity index (χ1v) is 9.27. The van der Waals surface area contributed by atoms with E-state index in [9.17, 15) is 9.18 Å². The van der Waals surface area contributed by atoms with E-state index in [-0.39, 0.29) is 28.6 Å². The second-order valence-corrected chi connectivity index (χ2v) is 6.56. The fourth-order valence-corrected chi connectivity index (χ4v) is 2.94. The van der Waals surface area contributed by atoms with E-state index in [4.69, 9.17) is 13.9 Å². The third-order valence-corrected chi connectivity index (χ3v) is 4.58. The molecule has 0 aliphatic heterocycles. The first kappa shape index (κ1) is 19.7. The van der Waals surface area contributed by atoms with Crippen LogP contribution >= 0.6 is 11.8 Å². The number of hydrogen-bond donors (Lipinski definition) is 1. The van der Waals surface area contributed by atoms with E-state index >= 15 is 0 Å². The number of hydrogen-bond acceptors (Lipinski definition) is 7. The molecule has 0 aliphatic rings. The molecule has 1 heterocycles. The highest BCUT2D eigenvalue weighted by Crippen LogP contribution is 2.27. The molecule has 146 valence electrons. The number of rotatable bonds is 8. The molecule has 28 heavy (non-hydrogen) atoms. The Morgan fingerprint density at radius 2 is 1.86 bits per heavy atom. The van der Waals surface area contributed by atoms with E-state index in [0.717, 1.165) is 17.3 Å². The van der Waals surface area contributed by atoms with Crippen molar-refractivity contribution in [2.45, 2.75) is 11.8 Å². The molecule has 0 bridgehead atoms. The number of carbonyl (C=O) groups excluding carboxylic acids is 1. The molecule has 2 aromatic carbocycles. The summed E-state index contributed by atoms with van der Waals surface area (Å²) in [6, 6.07) is 11.2. The number of nitrogens with zero attached hydrogens (tertiary/aromatic N) is 2. The molecule has 0 radical (unpaired) electrons. The number of benzene rings is 2. The zero-order valence-electron chi connectivity index (χ0n) is 15.3. The molecule has 0 aliphatic carbocycles. The van der Waals surface area contributed by atoms with Crippen LogP contribution in [-0.2, 0) is 11.3 Å². The number of halogens is 1. The lowest BCUT2D eigenvalue weighted by molar-refractivity contribution is -0.118. The van der Waals surface area contributed by atoms with Gasteiger partial charge in [0.05, 0.1) is 20.0 Å². The lowest BCUT2D eigenvalue weighted by Crippen LogP contribution is -2.24. The zero-order chi connectivity index (χ0) is 19.9. The maximum Gasteiger partial charge on any atom is 0.277 e. The summed E-state index contributed by atoms with van der Waals surface area (Å²) in [6.45, 7) is 0.352. The number of aromatic nitrogens is 2. The summed E-state index contributed by atoms with van der Waals surface area (Å²) in [5.41, 5.74) is 1.49. The summed E-state index contributed by atoms with van der Waals surface area (Å²) in [6.07, 6.45) is 0. The Morgan fingerprint density at radius 3 is 2.57 bits per heavy atom. The van der Waals surface area contributed by atoms with Gasteiger partial charge < -0.3 is 19.2 Å². The fourth-order valence-electron chi connectivity index (χ4n) is 2.35. The zero-order valence-corrected chi connectivity index (χ0v) is 16.1. The number of methoxy groups -OCH3 is 2. The van der Waals surface area contributed by atoms with Crippen LogP contribution < -0.4 is 14.8 Å². The monoisotopic (exact) mass is 403 g/mol. The molecule has 7 nitrogen and oxygen atoms in total. The number of carbonyl (C=O) groups is 1. The summed E-state index contributed by atoms with van der Waals surface area (Å²) < 4.78 is 28.9. The predicted molar refractivity (Wildman–Crippen MR) is 102 cm³/mol. The molecule has 3 aromatic rings. The average molecular weight is 403 g/mol. The first-order chi connectivity index (χ1) is 13.6. The minimum absolute atomic E-state index is 0.123. The van der Waals surface area contributed by atoms with Crippen LogP contribution in [0, 0.1) is 5.82 Å². The van der Waals surface area contributed by atoms with Crippen molar-refractivity contribution >= 4 is 17.7 Å². The lowest BCUT2D eigenvalue weighted by Gasteiger charge is -2.10. The van der Waals surface area contributed by atoms with E-state index in [0.29, 0.717) is 23.6 Å². The normalized spacial score (nSPS) is 10.5. The van der Waals surface area contributed by atoms with Crippen LogP contribution in [0.5, 0.6) is 11.5 Å². The van der Waals surface area contributed by atoms with Gasteiger partial charge in [0, 0.05) is 12.1 Å². The summed E-state index contributed by atoms with van der Waals surface area (Å²) in [4.78, 5) is 12.1. The molecule has 1 N–H and O–H groups in total. The quantitative estimate of drug-likeness (QED) is 0.578. The first-order valence-electron chi connectivity index (χ1n) is 8.29. The van der Waals surface area contributed by atoms with Crippen molar-refractivity contribution in [1.29, 1.82) is 0 Å². The highest BCUT2D eigenvalue weighted by molar-refractivity contribution is 7.99. The standard InChI is InChI=1S/C19H18FN3O4S/c1-25-15-8-3-12(9-16(15)26-2)10-21-17(24)11-28-19-23-22-18(27-19)13-4-6-14(20)7-5-13/h3-9H,10-11H2,1-2H3,(H,21,24). The van der Waals surface area contributed by atoms with Gasteiger partial charge in [0.25, 0.3) is 5.22 Å². The van der Waals surface area contributed by atoms with Gasteiger partial charge in [-0.05, 0) is 42.0 Å². The third kappa shape index (κ3) is 5.01. The van der Waals surface area contributed by atoms with Gasteiger partial charge >= 0.3 is 0 Å². The van der Waals surface area contributed by atoms with Crippen LogP contribution in [-0.4, -0.2) is 36.1 Å². The molecular formula is C19H18FN3O4S. The van der Waals surface area contributed by atoms with E-state index in [1.54, 1.807) is 38.5 Å². The van der Waals surface area contributed by atoms with Gasteiger partial charge in [-0.3, -0.25) is 4.79 Å². The molecule has 0 atom stereocenters. The van der Waals surface area contributed by atoms with E-state index in [2.05, 4.69) is 15.5 Å². The maximum absolute atomic E-state index is 13.0. The second-order valence-electron chi connectivity index (χ2n) is 5.63. The minimum Gasteiger partial charge on any atom is -0.493 e. The molecule has 0 saturated heterocycles. The lowest BCUT2D eigenvalue weighted by atomic mass is 10.2. The molecule has 3 rings (SSSR count). The third-order valence-electron chi connectivity index (χ3n) is 3.76.